The number of nitrogens with zero attached hydrogens (tertiary/aromatic N) is 2. The first-order valence-corrected chi connectivity index (χ1v) is 9.67. The number of hydrogen-bond donors (Lipinski definition) is 2. The normalized spacial score (nSPS) is 16.9. The Morgan fingerprint density at radius 2 is 2.00 bits per heavy atom. The van der Waals surface area contributed by atoms with Crippen LogP contribution in [0.3, 0.4) is 0 Å². The zero-order valence-corrected chi connectivity index (χ0v) is 16.2. The molecule has 1 heterocycles. The molecule has 1 aliphatic heterocycles. The lowest BCUT2D eigenvalue weighted by molar-refractivity contribution is 0.0472. The van der Waals surface area contributed by atoms with Crippen LogP contribution >= 0.6 is 0 Å². The Balaban J connectivity index is 1.62. The molecule has 1 fully saturated rings. The largest absolute Gasteiger partial charge is 0.457 e. The second kappa shape index (κ2) is 9.90. The van der Waals surface area contributed by atoms with E-state index in [0.29, 0.717) is 18.7 Å². The van der Waals surface area contributed by atoms with Crippen molar-refractivity contribution < 1.29 is 14.6 Å². The highest BCUT2D eigenvalue weighted by Gasteiger charge is 2.22. The first kappa shape index (κ1) is 19.9. The molecular formula is C22H27N3O3. The van der Waals surface area contributed by atoms with Crippen molar-refractivity contribution in [3.05, 3.63) is 71.3 Å². The summed E-state index contributed by atoms with van der Waals surface area (Å²) in [4.78, 5) is 19.1. The number of aliphatic hydroxyl groups is 1. The maximum atomic E-state index is 12.3. The first-order chi connectivity index (χ1) is 13.7. The van der Waals surface area contributed by atoms with Gasteiger partial charge in [0, 0.05) is 19.6 Å². The van der Waals surface area contributed by atoms with Crippen molar-refractivity contribution in [1.29, 1.82) is 0 Å². The average molecular weight is 381 g/mol. The molecule has 28 heavy (non-hydrogen) atoms. The zero-order chi connectivity index (χ0) is 19.8. The van der Waals surface area contributed by atoms with Gasteiger partial charge in [0.25, 0.3) is 0 Å². The van der Waals surface area contributed by atoms with E-state index in [1.165, 1.54) is 0 Å². The second-order valence-corrected chi connectivity index (χ2v) is 6.82. The Labute approximate surface area is 165 Å². The van der Waals surface area contributed by atoms with Crippen molar-refractivity contribution in [2.45, 2.75) is 32.6 Å². The lowest BCUT2D eigenvalue weighted by Gasteiger charge is -2.21. The quantitative estimate of drug-likeness (QED) is 0.457. The summed E-state index contributed by atoms with van der Waals surface area (Å²) < 4.78 is 5.40. The van der Waals surface area contributed by atoms with Crippen LogP contribution in [0.25, 0.3) is 0 Å². The third-order valence-electron chi connectivity index (χ3n) is 4.58. The third-order valence-corrected chi connectivity index (χ3v) is 4.58. The predicted molar refractivity (Wildman–Crippen MR) is 109 cm³/mol. The molecule has 3 rings (SSSR count). The summed E-state index contributed by atoms with van der Waals surface area (Å²) in [7, 11) is 0. The molecule has 1 saturated heterocycles. The van der Waals surface area contributed by atoms with Gasteiger partial charge in [0.2, 0.25) is 0 Å². The summed E-state index contributed by atoms with van der Waals surface area (Å²) in [5.74, 6) is 0.445. The van der Waals surface area contributed by atoms with E-state index in [1.807, 2.05) is 55.5 Å². The number of aliphatic imine (C=N–C) groups is 1. The number of β-amino-alcohol motifs (C(OH)–C–C–N with tert-alkyl or cyclic N) is 1. The van der Waals surface area contributed by atoms with E-state index in [1.54, 1.807) is 6.07 Å². The maximum absolute atomic E-state index is 12.3. The van der Waals surface area contributed by atoms with E-state index in [0.717, 1.165) is 36.6 Å². The van der Waals surface area contributed by atoms with Gasteiger partial charge in [-0.25, -0.2) is 9.79 Å². The summed E-state index contributed by atoms with van der Waals surface area (Å²) in [6.45, 7) is 4.87. The smallest absolute Gasteiger partial charge is 0.338 e. The van der Waals surface area contributed by atoms with Crippen LogP contribution in [0.5, 0.6) is 0 Å². The van der Waals surface area contributed by atoms with E-state index in [4.69, 9.17) is 4.74 Å². The van der Waals surface area contributed by atoms with E-state index in [9.17, 15) is 9.90 Å². The highest BCUT2D eigenvalue weighted by molar-refractivity contribution is 5.89. The fourth-order valence-corrected chi connectivity index (χ4v) is 3.13. The lowest BCUT2D eigenvalue weighted by atomic mass is 10.1. The Morgan fingerprint density at radius 1 is 1.21 bits per heavy atom. The molecule has 2 N–H and O–H groups in total. The highest BCUT2D eigenvalue weighted by atomic mass is 16.5. The van der Waals surface area contributed by atoms with Crippen molar-refractivity contribution in [2.24, 2.45) is 4.99 Å². The molecule has 148 valence electrons. The van der Waals surface area contributed by atoms with E-state index >= 15 is 0 Å². The molecule has 2 aromatic carbocycles. The van der Waals surface area contributed by atoms with Crippen molar-refractivity contribution >= 4 is 11.9 Å². The molecule has 1 aliphatic rings. The number of esters is 1. The molecular weight excluding hydrogens is 354 g/mol. The summed E-state index contributed by atoms with van der Waals surface area (Å²) in [5.41, 5.74) is 2.41. The fraction of sp³-hybridized carbons (Fsp3) is 0.364. The molecule has 0 unspecified atom stereocenters. The SMILES string of the molecule is CCNC(=NCc1cccc(C(=O)OCc2ccccc2)c1)N1CC[C@@H](O)C1. The molecule has 0 spiro atoms. The minimum atomic E-state index is -0.343. The number of benzene rings is 2. The van der Waals surface area contributed by atoms with Crippen molar-refractivity contribution in [3.63, 3.8) is 0 Å². The lowest BCUT2D eigenvalue weighted by Crippen LogP contribution is -2.40. The van der Waals surface area contributed by atoms with Crippen molar-refractivity contribution in [3.8, 4) is 0 Å². The van der Waals surface area contributed by atoms with Gasteiger partial charge in [-0.05, 0) is 36.6 Å². The van der Waals surface area contributed by atoms with Crippen LogP contribution in [0, 0.1) is 0 Å². The topological polar surface area (TPSA) is 74.2 Å². The minimum absolute atomic E-state index is 0.254. The van der Waals surface area contributed by atoms with Gasteiger partial charge in [0.15, 0.2) is 5.96 Å². The van der Waals surface area contributed by atoms with E-state index in [-0.39, 0.29) is 18.7 Å². The first-order valence-electron chi connectivity index (χ1n) is 9.67. The van der Waals surface area contributed by atoms with Gasteiger partial charge >= 0.3 is 5.97 Å². The monoisotopic (exact) mass is 381 g/mol. The molecule has 6 heteroatoms. The van der Waals surface area contributed by atoms with Gasteiger partial charge in [-0.15, -0.1) is 0 Å². The number of carbonyl (C=O) groups excluding carboxylic acids is 1. The number of aliphatic hydroxyl groups excluding tert-OH is 1. The van der Waals surface area contributed by atoms with Gasteiger partial charge in [-0.1, -0.05) is 42.5 Å². The number of carbonyl (C=O) groups is 1. The molecule has 0 aromatic heterocycles. The van der Waals surface area contributed by atoms with Crippen LogP contribution in [0.2, 0.25) is 0 Å². The summed E-state index contributed by atoms with van der Waals surface area (Å²) in [6, 6.07) is 17.0. The zero-order valence-electron chi connectivity index (χ0n) is 16.2. The van der Waals surface area contributed by atoms with Gasteiger partial charge in [-0.3, -0.25) is 0 Å². The summed E-state index contributed by atoms with van der Waals surface area (Å²) in [5, 5.41) is 13.0. The Morgan fingerprint density at radius 3 is 2.71 bits per heavy atom. The average Bonchev–Trinajstić information content (AvgIpc) is 3.16. The fourth-order valence-electron chi connectivity index (χ4n) is 3.13. The highest BCUT2D eigenvalue weighted by Crippen LogP contribution is 2.12. The number of ether oxygens (including phenoxy) is 1. The van der Waals surface area contributed by atoms with Crippen LogP contribution in [0.1, 0.15) is 34.8 Å². The van der Waals surface area contributed by atoms with Gasteiger partial charge in [-0.2, -0.15) is 0 Å². The Hall–Kier alpha value is -2.86. The standard InChI is InChI=1S/C22H27N3O3/c1-2-23-22(25-12-11-20(26)15-25)24-14-18-9-6-10-19(13-18)21(27)28-16-17-7-4-3-5-8-17/h3-10,13,20,26H,2,11-12,14-16H2,1H3,(H,23,24)/t20-/m1/s1. The molecule has 6 nitrogen and oxygen atoms in total. The van der Waals surface area contributed by atoms with Crippen LogP contribution < -0.4 is 5.32 Å². The molecule has 0 amide bonds. The number of rotatable bonds is 6. The molecule has 0 saturated carbocycles. The molecule has 0 radical (unpaired) electrons. The van der Waals surface area contributed by atoms with Crippen molar-refractivity contribution in [2.75, 3.05) is 19.6 Å². The second-order valence-electron chi connectivity index (χ2n) is 6.82. The summed E-state index contributed by atoms with van der Waals surface area (Å²) in [6.07, 6.45) is 0.458. The third kappa shape index (κ3) is 5.57. The minimum Gasteiger partial charge on any atom is -0.457 e. The van der Waals surface area contributed by atoms with E-state index < -0.39 is 0 Å². The van der Waals surface area contributed by atoms with Crippen molar-refractivity contribution in [1.82, 2.24) is 10.2 Å². The number of nitrogens with one attached hydrogen (secondary N) is 1. The molecule has 2 aromatic rings. The van der Waals surface area contributed by atoms with Crippen LogP contribution in [-0.4, -0.2) is 47.7 Å². The number of guanidine groups is 1. The van der Waals surface area contributed by atoms with E-state index in [2.05, 4.69) is 15.2 Å². The van der Waals surface area contributed by atoms with Gasteiger partial charge in [0.1, 0.15) is 6.61 Å². The van der Waals surface area contributed by atoms with Crippen LogP contribution in [-0.2, 0) is 17.9 Å². The molecule has 0 bridgehead atoms. The maximum Gasteiger partial charge on any atom is 0.338 e. The number of hydrogen-bond acceptors (Lipinski definition) is 4. The summed E-state index contributed by atoms with van der Waals surface area (Å²) >= 11 is 0. The molecule has 0 aliphatic carbocycles. The van der Waals surface area contributed by atoms with Crippen LogP contribution in [0.15, 0.2) is 59.6 Å². The van der Waals surface area contributed by atoms with Gasteiger partial charge < -0.3 is 20.1 Å². The Kier molecular flexibility index (Phi) is 7.03. The molecule has 1 atom stereocenters. The van der Waals surface area contributed by atoms with Gasteiger partial charge in [0.05, 0.1) is 18.2 Å². The predicted octanol–water partition coefficient (Wildman–Crippen LogP) is 2.58. The Bertz CT molecular complexity index is 808. The van der Waals surface area contributed by atoms with Crippen LogP contribution in [0.4, 0.5) is 0 Å². The number of likely N-dealkylation sites (tertiary alicyclic amines) is 1.